The van der Waals surface area contributed by atoms with Gasteiger partial charge in [-0.1, -0.05) is 78.3 Å². The Morgan fingerprint density at radius 1 is 0.733 bits per heavy atom. The fraction of sp³-hybridized carbons (Fsp3) is 0.278. The number of ether oxygens (including phenoxy) is 6. The van der Waals surface area contributed by atoms with E-state index in [1.54, 1.807) is 30.3 Å². The molecule has 0 saturated heterocycles. The third kappa shape index (κ3) is 14.6. The second-order valence-electron chi connectivity index (χ2n) is 12.2. The van der Waals surface area contributed by atoms with Crippen LogP contribution in [0.4, 0.5) is 0 Å². The molecule has 2 saturated carbocycles. The number of hydrogen-bond acceptors (Lipinski definition) is 14. The molecule has 1 unspecified atom stereocenters. The Kier molecular flexibility index (Phi) is 19.8. The van der Waals surface area contributed by atoms with Gasteiger partial charge in [-0.05, 0) is 103 Å². The van der Waals surface area contributed by atoms with Gasteiger partial charge >= 0.3 is 11.9 Å². The summed E-state index contributed by atoms with van der Waals surface area (Å²) in [6.45, 7) is 0. The van der Waals surface area contributed by atoms with Crippen molar-refractivity contribution in [1.29, 1.82) is 0 Å². The molecule has 0 aliphatic heterocycles. The zero-order valence-corrected chi connectivity index (χ0v) is 40.8. The van der Waals surface area contributed by atoms with Crippen LogP contribution in [-0.2, 0) is 39.2 Å². The lowest BCUT2D eigenvalue weighted by molar-refractivity contribution is -0.144. The molecule has 4 aromatic rings. The van der Waals surface area contributed by atoms with Crippen molar-refractivity contribution in [3.8, 4) is 34.5 Å². The van der Waals surface area contributed by atoms with E-state index in [4.69, 9.17) is 93.5 Å². The summed E-state index contributed by atoms with van der Waals surface area (Å²) in [6, 6.07) is 15.0. The normalized spacial score (nSPS) is 14.5. The first kappa shape index (κ1) is 52.0. The zero-order chi connectivity index (χ0) is 45.2. The molecular weight excluding hydrogens is 1090 g/mol. The van der Waals surface area contributed by atoms with Crippen molar-refractivity contribution in [2.24, 2.45) is 5.73 Å². The number of esters is 2. The van der Waals surface area contributed by atoms with Gasteiger partial charge in [0, 0.05) is 25.7 Å². The highest BCUT2D eigenvalue weighted by atomic mass is 79.9. The van der Waals surface area contributed by atoms with Gasteiger partial charge in [-0.2, -0.15) is 0 Å². The first-order chi connectivity index (χ1) is 28.1. The van der Waals surface area contributed by atoms with Gasteiger partial charge in [0.15, 0.2) is 11.5 Å². The minimum atomic E-state index is -3.99. The SMILES string of the molecule is COC(=O)C1(N)CC1.COC(=O)C1(NCl)CC1.COc1ccc(Oc2c(Cl)cc(Br)cc2Cl)cc1S(=O)(=O)Cl.COc1ccc(Oc2c(Cl)cc(Br)cc2Cl)cc1S(=O)[O-]. The molecule has 328 valence electrons. The quantitative estimate of drug-likeness (QED) is 0.0621. The summed E-state index contributed by atoms with van der Waals surface area (Å²) >= 11 is 33.6. The van der Waals surface area contributed by atoms with Crippen molar-refractivity contribution >= 4 is 133 Å². The third-order valence-corrected chi connectivity index (χ3v) is 12.4. The second kappa shape index (κ2) is 22.9. The number of carbonyl (C=O) groups is 2. The highest BCUT2D eigenvalue weighted by molar-refractivity contribution is 9.10. The van der Waals surface area contributed by atoms with Gasteiger partial charge in [0.1, 0.15) is 39.0 Å². The lowest BCUT2D eigenvalue weighted by Gasteiger charge is -2.14. The molecule has 0 amide bonds. The van der Waals surface area contributed by atoms with E-state index in [0.29, 0.717) is 19.0 Å². The van der Waals surface area contributed by atoms with E-state index in [1.807, 2.05) is 0 Å². The minimum absolute atomic E-state index is 0.0145. The average Bonchev–Trinajstić information content (AvgIpc) is 4.14. The summed E-state index contributed by atoms with van der Waals surface area (Å²) in [5, 5.41) is 1.14. The van der Waals surface area contributed by atoms with Gasteiger partial charge in [-0.15, -0.1) is 0 Å². The molecule has 2 aliphatic carbocycles. The highest BCUT2D eigenvalue weighted by Crippen LogP contribution is 2.42. The van der Waals surface area contributed by atoms with Crippen LogP contribution in [0, 0.1) is 0 Å². The van der Waals surface area contributed by atoms with Crippen LogP contribution in [0.5, 0.6) is 34.5 Å². The van der Waals surface area contributed by atoms with Crippen molar-refractivity contribution in [2.75, 3.05) is 28.4 Å². The number of carbonyl (C=O) groups excluding carboxylic acids is 2. The summed E-state index contributed by atoms with van der Waals surface area (Å²) in [7, 11) is 6.82. The Bertz CT molecular complexity index is 2290. The predicted molar refractivity (Wildman–Crippen MR) is 236 cm³/mol. The molecule has 0 aromatic heterocycles. The molecule has 0 radical (unpaired) electrons. The lowest BCUT2D eigenvalue weighted by Crippen LogP contribution is -2.34. The topological polar surface area (TPSA) is 202 Å². The van der Waals surface area contributed by atoms with Gasteiger partial charge in [0.05, 0.1) is 53.4 Å². The molecule has 14 nitrogen and oxygen atoms in total. The zero-order valence-electron chi connectivity index (χ0n) is 31.4. The highest BCUT2D eigenvalue weighted by Gasteiger charge is 2.51. The van der Waals surface area contributed by atoms with Crippen LogP contribution in [-0.4, -0.2) is 68.6 Å². The minimum Gasteiger partial charge on any atom is -0.768 e. The first-order valence-electron chi connectivity index (χ1n) is 16.5. The number of benzene rings is 4. The molecule has 1 atom stereocenters. The third-order valence-electron chi connectivity index (χ3n) is 7.97. The van der Waals surface area contributed by atoms with Crippen molar-refractivity contribution in [2.45, 2.75) is 46.6 Å². The van der Waals surface area contributed by atoms with Crippen molar-refractivity contribution in [3.63, 3.8) is 0 Å². The smallest absolute Gasteiger partial charge is 0.327 e. The van der Waals surface area contributed by atoms with Crippen LogP contribution in [0.3, 0.4) is 0 Å². The Morgan fingerprint density at radius 2 is 1.15 bits per heavy atom. The Labute approximate surface area is 394 Å². The molecule has 2 aliphatic rings. The summed E-state index contributed by atoms with van der Waals surface area (Å²) in [4.78, 5) is 23.5. The van der Waals surface area contributed by atoms with Crippen LogP contribution >= 0.6 is 101 Å². The van der Waals surface area contributed by atoms with E-state index in [9.17, 15) is 26.8 Å². The Balaban J connectivity index is 0.000000232. The number of nitrogens with two attached hydrogens (primary N) is 1. The van der Waals surface area contributed by atoms with Gasteiger partial charge < -0.3 is 38.7 Å². The molecule has 0 heterocycles. The van der Waals surface area contributed by atoms with Crippen molar-refractivity contribution < 1.29 is 55.2 Å². The second-order valence-corrected chi connectivity index (χ2v) is 19.3. The maximum Gasteiger partial charge on any atom is 0.327 e. The Morgan fingerprint density at radius 3 is 1.45 bits per heavy atom. The maximum absolute atomic E-state index is 11.6. The number of rotatable bonds is 11. The largest absolute Gasteiger partial charge is 0.768 e. The maximum atomic E-state index is 11.6. The molecule has 24 heteroatoms. The van der Waals surface area contributed by atoms with Crippen LogP contribution in [0.2, 0.25) is 20.1 Å². The molecule has 4 aromatic carbocycles. The summed E-state index contributed by atoms with van der Waals surface area (Å²) in [5.74, 6) is 0.713. The molecule has 60 heavy (non-hydrogen) atoms. The van der Waals surface area contributed by atoms with Crippen LogP contribution < -0.4 is 29.5 Å². The van der Waals surface area contributed by atoms with Crippen LogP contribution in [0.15, 0.2) is 79.4 Å². The number of halogens is 8. The number of nitrogens with one attached hydrogen (secondary N) is 1. The molecular formula is C36H33Br2Cl6N2O12S2-. The van der Waals surface area contributed by atoms with Crippen LogP contribution in [0.1, 0.15) is 25.7 Å². The summed E-state index contributed by atoms with van der Waals surface area (Å²) in [5.41, 5.74) is 4.28. The summed E-state index contributed by atoms with van der Waals surface area (Å²) < 4.78 is 76.8. The van der Waals surface area contributed by atoms with Gasteiger partial charge in [-0.3, -0.25) is 13.8 Å². The number of hydrogen-bond donors (Lipinski definition) is 2. The number of methoxy groups -OCH3 is 4. The van der Waals surface area contributed by atoms with E-state index >= 15 is 0 Å². The molecule has 3 N–H and O–H groups in total. The molecule has 2 fully saturated rings. The van der Waals surface area contributed by atoms with Crippen molar-refractivity contribution in [3.05, 3.63) is 89.7 Å². The average molecular weight is 1120 g/mol. The van der Waals surface area contributed by atoms with E-state index in [0.717, 1.165) is 25.7 Å². The molecule has 0 spiro atoms. The van der Waals surface area contributed by atoms with Gasteiger partial charge in [0.2, 0.25) is 0 Å². The van der Waals surface area contributed by atoms with Gasteiger partial charge in [-0.25, -0.2) is 13.3 Å². The monoisotopic (exact) mass is 1120 g/mol. The molecule has 0 bridgehead atoms. The van der Waals surface area contributed by atoms with E-state index in [-0.39, 0.29) is 66.3 Å². The first-order valence-corrected chi connectivity index (χ1v) is 23.3. The lowest BCUT2D eigenvalue weighted by atomic mass is 10.3. The predicted octanol–water partition coefficient (Wildman–Crippen LogP) is 10.4. The van der Waals surface area contributed by atoms with Gasteiger partial charge in [0.25, 0.3) is 9.05 Å². The standard InChI is InChI=1S/C13H8BrCl3O4S.C13H9BrCl2O4S.C5H8ClNO2.C5H9NO2/c1-20-11-3-2-8(6-12(11)22(17,18)19)21-13-9(15)4-7(14)5-10(13)16;1-19-11-3-2-8(6-12(11)21(17)18)20-13-9(15)4-7(14)5-10(13)16;1-9-4(8)5(7-6)2-3-5;1-8-4(7)5(6)2-3-5/h2-6H,1H3;2-6H,1H3,(H,17,18);7H,2-3H2,1H3;2-3,6H2,1H3/p-1. The van der Waals surface area contributed by atoms with Crippen molar-refractivity contribution in [1.82, 2.24) is 4.84 Å². The fourth-order valence-corrected chi connectivity index (χ4v) is 8.83. The van der Waals surface area contributed by atoms with E-state index in [2.05, 4.69) is 46.2 Å². The van der Waals surface area contributed by atoms with Crippen LogP contribution in [0.25, 0.3) is 0 Å². The summed E-state index contributed by atoms with van der Waals surface area (Å²) in [6.07, 6.45) is 3.12. The Hall–Kier alpha value is -2.30. The molecule has 6 rings (SSSR count). The van der Waals surface area contributed by atoms with E-state index in [1.165, 1.54) is 58.8 Å². The van der Waals surface area contributed by atoms with E-state index < -0.39 is 31.2 Å². The fourth-order valence-electron chi connectivity index (χ4n) is 4.45.